The minimum atomic E-state index is -1.50. The van der Waals surface area contributed by atoms with Crippen molar-refractivity contribution in [1.29, 1.82) is 0 Å². The second kappa shape index (κ2) is 11.7. The molecule has 0 spiro atoms. The van der Waals surface area contributed by atoms with E-state index >= 15 is 0 Å². The molecule has 0 nitrogen and oxygen atoms in total. The Bertz CT molecular complexity index is 1510. The molecular weight excluding hydrogens is 495 g/mol. The van der Waals surface area contributed by atoms with Gasteiger partial charge in [0.05, 0.1) is 0 Å². The maximum Gasteiger partial charge on any atom is 0.290 e. The van der Waals surface area contributed by atoms with Crippen LogP contribution in [0.4, 0.5) is 0 Å². The summed E-state index contributed by atoms with van der Waals surface area (Å²) in [5, 5.41) is 2.42. The maximum absolute atomic E-state index is 2.43. The van der Waals surface area contributed by atoms with Gasteiger partial charge in [-0.15, -0.1) is 0 Å². The fourth-order valence-electron chi connectivity index (χ4n) is 7.04. The summed E-state index contributed by atoms with van der Waals surface area (Å²) in [5.74, 6) is 0. The minimum absolute atomic E-state index is 0.205. The van der Waals surface area contributed by atoms with Crippen molar-refractivity contribution >= 4 is 36.4 Å². The van der Waals surface area contributed by atoms with Crippen molar-refractivity contribution in [2.75, 3.05) is 0 Å². The molecule has 0 fully saturated rings. The Morgan fingerprint density at radius 1 is 0.400 bits per heavy atom. The first-order valence-electron chi connectivity index (χ1n) is 14.6. The molecule has 0 amide bonds. The number of rotatable bonds is 8. The Morgan fingerprint density at radius 3 is 1.02 bits per heavy atom. The average molecular weight is 531 g/mol. The van der Waals surface area contributed by atoms with Crippen molar-refractivity contribution < 1.29 is 0 Å². The second-order valence-electron chi connectivity index (χ2n) is 10.7. The van der Waals surface area contributed by atoms with Crippen LogP contribution in [0.1, 0.15) is 41.7 Å². The van der Waals surface area contributed by atoms with Crippen LogP contribution in [0.25, 0.3) is 22.3 Å². The predicted molar refractivity (Wildman–Crippen MR) is 174 cm³/mol. The molecule has 0 saturated heterocycles. The molecule has 0 N–H and O–H groups in total. The van der Waals surface area contributed by atoms with Gasteiger partial charge in [-0.05, 0) is 50.1 Å². The van der Waals surface area contributed by atoms with Crippen LogP contribution < -0.4 is 0 Å². The Balaban J connectivity index is 1.90. The van der Waals surface area contributed by atoms with E-state index in [1.165, 1.54) is 60.7 Å². The molecule has 0 aliphatic heterocycles. The van der Waals surface area contributed by atoms with Gasteiger partial charge in [-0.3, -0.25) is 0 Å². The molecule has 0 saturated carbocycles. The largest absolute Gasteiger partial charge is 0.290 e. The zero-order valence-corrected chi connectivity index (χ0v) is 24.6. The van der Waals surface area contributed by atoms with Crippen molar-refractivity contribution in [2.45, 2.75) is 28.7 Å². The molecule has 0 heterocycles. The molecule has 0 unspecified atom stereocenters. The lowest BCUT2D eigenvalue weighted by Gasteiger charge is -2.42. The highest BCUT2D eigenvalue weighted by atomic mass is 27.2. The van der Waals surface area contributed by atoms with Crippen molar-refractivity contribution in [1.82, 2.24) is 0 Å². The standard InChI is InChI=1S/C35H25.2C2H5.Al/c1-6-16-26(17-7-1)31-32(27-18-8-2-9-19-27)34(29-22-12-4-13-23-29)35(30-24-14-5-15-25-30)33(31)28-20-10-3-11-21-28;2*1-2;/h1-25H;2*1H2,2H3;. The molecular formula is C39H35Al. The van der Waals surface area contributed by atoms with Crippen LogP contribution in [0, 0.1) is 0 Å². The van der Waals surface area contributed by atoms with E-state index < -0.39 is 14.1 Å². The summed E-state index contributed by atoms with van der Waals surface area (Å²) >= 11 is -1.50. The van der Waals surface area contributed by atoms with Gasteiger partial charge >= 0.3 is 0 Å². The smallest absolute Gasteiger partial charge is 0.0955 e. The van der Waals surface area contributed by atoms with Crippen LogP contribution in [0.15, 0.2) is 152 Å². The first kappa shape index (κ1) is 26.3. The molecule has 0 radical (unpaired) electrons. The first-order valence-corrected chi connectivity index (χ1v) is 16.8. The van der Waals surface area contributed by atoms with Crippen LogP contribution in [-0.4, -0.2) is 14.1 Å². The fourth-order valence-corrected chi connectivity index (χ4v) is 10.9. The number of hydrogen-bond acceptors (Lipinski definition) is 0. The average Bonchev–Trinajstić information content (AvgIpc) is 3.36. The van der Waals surface area contributed by atoms with Gasteiger partial charge in [0.2, 0.25) is 0 Å². The highest BCUT2D eigenvalue weighted by Crippen LogP contribution is 2.63. The van der Waals surface area contributed by atoms with E-state index in [1.807, 2.05) is 0 Å². The molecule has 6 rings (SSSR count). The molecule has 40 heavy (non-hydrogen) atoms. The number of hydrogen-bond donors (Lipinski definition) is 0. The van der Waals surface area contributed by atoms with Crippen molar-refractivity contribution in [3.05, 3.63) is 179 Å². The molecule has 1 aliphatic carbocycles. The normalized spacial score (nSPS) is 14.4. The molecule has 194 valence electrons. The summed E-state index contributed by atoms with van der Waals surface area (Å²) in [7, 11) is 0. The van der Waals surface area contributed by atoms with Crippen molar-refractivity contribution in [3.8, 4) is 0 Å². The van der Waals surface area contributed by atoms with Gasteiger partial charge in [-0.1, -0.05) is 176 Å². The van der Waals surface area contributed by atoms with Crippen LogP contribution in [0.2, 0.25) is 10.6 Å². The summed E-state index contributed by atoms with van der Waals surface area (Å²) in [4.78, 5) is 0. The molecule has 0 bridgehead atoms. The molecule has 1 aliphatic rings. The van der Waals surface area contributed by atoms with Gasteiger partial charge in [-0.2, -0.15) is 0 Å². The summed E-state index contributed by atoms with van der Waals surface area (Å²) in [6.45, 7) is 4.86. The number of allylic oxidation sites excluding steroid dienone is 4. The van der Waals surface area contributed by atoms with Gasteiger partial charge in [0.25, 0.3) is 14.1 Å². The Morgan fingerprint density at radius 2 is 0.700 bits per heavy atom. The Kier molecular flexibility index (Phi) is 7.70. The van der Waals surface area contributed by atoms with Crippen molar-refractivity contribution in [3.63, 3.8) is 0 Å². The molecule has 5 aromatic rings. The minimum Gasteiger partial charge on any atom is -0.0955 e. The molecule has 0 aromatic heterocycles. The lowest BCUT2D eigenvalue weighted by Crippen LogP contribution is -2.43. The molecule has 5 aromatic carbocycles. The van der Waals surface area contributed by atoms with Gasteiger partial charge in [0, 0.05) is 4.28 Å². The van der Waals surface area contributed by atoms with Crippen LogP contribution in [-0.2, 0) is 4.28 Å². The zero-order chi connectivity index (χ0) is 27.4. The van der Waals surface area contributed by atoms with E-state index in [0.29, 0.717) is 0 Å². The summed E-state index contributed by atoms with van der Waals surface area (Å²) in [6.07, 6.45) is 0. The predicted octanol–water partition coefficient (Wildman–Crippen LogP) is 10.2. The Hall–Kier alpha value is -3.89. The van der Waals surface area contributed by atoms with E-state index in [1.54, 1.807) is 0 Å². The van der Waals surface area contributed by atoms with E-state index in [2.05, 4.69) is 166 Å². The highest BCUT2D eigenvalue weighted by Gasteiger charge is 2.54. The second-order valence-corrected chi connectivity index (χ2v) is 14.5. The summed E-state index contributed by atoms with van der Waals surface area (Å²) in [6, 6.07) is 56.1. The fraction of sp³-hybridized carbons (Fsp3) is 0.128. The third-order valence-corrected chi connectivity index (χ3v) is 12.7. The topological polar surface area (TPSA) is 0 Å². The van der Waals surface area contributed by atoms with Gasteiger partial charge in [0.1, 0.15) is 0 Å². The van der Waals surface area contributed by atoms with E-state index in [-0.39, 0.29) is 4.28 Å². The van der Waals surface area contributed by atoms with Crippen LogP contribution >= 0.6 is 0 Å². The van der Waals surface area contributed by atoms with E-state index in [9.17, 15) is 0 Å². The summed E-state index contributed by atoms with van der Waals surface area (Å²) in [5.41, 5.74) is 12.3. The third-order valence-electron chi connectivity index (χ3n) is 8.62. The van der Waals surface area contributed by atoms with Gasteiger partial charge in [-0.25, -0.2) is 0 Å². The van der Waals surface area contributed by atoms with Crippen LogP contribution in [0.3, 0.4) is 0 Å². The Labute approximate surface area is 243 Å². The third kappa shape index (κ3) is 4.41. The van der Waals surface area contributed by atoms with E-state index in [0.717, 1.165) is 0 Å². The summed E-state index contributed by atoms with van der Waals surface area (Å²) < 4.78 is -0.205. The number of benzene rings is 5. The lowest BCUT2D eigenvalue weighted by atomic mass is 9.79. The molecule has 1 heteroatoms. The zero-order valence-electron chi connectivity index (χ0n) is 23.4. The van der Waals surface area contributed by atoms with Crippen LogP contribution in [0.5, 0.6) is 0 Å². The van der Waals surface area contributed by atoms with E-state index in [4.69, 9.17) is 0 Å². The molecule has 0 atom stereocenters. The lowest BCUT2D eigenvalue weighted by molar-refractivity contribution is 0.963. The van der Waals surface area contributed by atoms with Gasteiger partial charge in [0.15, 0.2) is 0 Å². The first-order chi connectivity index (χ1) is 19.8. The SMILES string of the molecule is C[CH2][Al]([CH2]C)[C]1(c2ccccc2)C(c2ccccc2)=C(c2ccccc2)C(c2ccccc2)=C1c1ccccc1. The maximum atomic E-state index is 2.43. The van der Waals surface area contributed by atoms with Gasteiger partial charge < -0.3 is 0 Å². The van der Waals surface area contributed by atoms with Crippen molar-refractivity contribution in [2.24, 2.45) is 0 Å². The monoisotopic (exact) mass is 530 g/mol. The highest BCUT2D eigenvalue weighted by molar-refractivity contribution is 6.70. The quantitative estimate of drug-likeness (QED) is 0.175.